The number of hydrogen-bond donors (Lipinski definition) is 1. The van der Waals surface area contributed by atoms with Crippen LogP contribution in [-0.4, -0.2) is 65.8 Å². The fraction of sp³-hybridized carbons (Fsp3) is 0.923. The van der Waals surface area contributed by atoms with E-state index in [-0.39, 0.29) is 0 Å². The summed E-state index contributed by atoms with van der Waals surface area (Å²) in [4.78, 5) is 14.7. The first-order chi connectivity index (χ1) is 9.38. The van der Waals surface area contributed by atoms with Crippen molar-refractivity contribution in [1.82, 2.24) is 9.80 Å². The molecule has 1 atom stereocenters. The van der Waals surface area contributed by atoms with Gasteiger partial charge in [-0.3, -0.25) is 14.6 Å². The quantitative estimate of drug-likeness (QED) is 0.859. The van der Waals surface area contributed by atoms with Crippen molar-refractivity contribution in [3.63, 3.8) is 0 Å². The van der Waals surface area contributed by atoms with E-state index in [1.54, 1.807) is 4.90 Å². The SMILES string of the molecule is O=C(O)C(CN1CCN(C2CCCC2)CC1)C(F)(F)F. The van der Waals surface area contributed by atoms with Gasteiger partial charge >= 0.3 is 12.1 Å². The molecule has 20 heavy (non-hydrogen) atoms. The van der Waals surface area contributed by atoms with Crippen molar-refractivity contribution >= 4 is 5.97 Å². The first-order valence-electron chi connectivity index (χ1n) is 7.14. The normalized spacial score (nSPS) is 24.9. The molecule has 116 valence electrons. The number of alkyl halides is 3. The average Bonchev–Trinajstić information content (AvgIpc) is 2.88. The summed E-state index contributed by atoms with van der Waals surface area (Å²) < 4.78 is 37.9. The lowest BCUT2D eigenvalue weighted by molar-refractivity contribution is -0.197. The third-order valence-corrected chi connectivity index (χ3v) is 4.38. The van der Waals surface area contributed by atoms with Crippen molar-refractivity contribution in [1.29, 1.82) is 0 Å². The van der Waals surface area contributed by atoms with Gasteiger partial charge in [-0.05, 0) is 12.8 Å². The fourth-order valence-corrected chi connectivity index (χ4v) is 3.16. The van der Waals surface area contributed by atoms with E-state index in [1.165, 1.54) is 25.7 Å². The van der Waals surface area contributed by atoms with Gasteiger partial charge in [-0.2, -0.15) is 13.2 Å². The molecule has 1 saturated heterocycles. The summed E-state index contributed by atoms with van der Waals surface area (Å²) in [5.74, 6) is -4.06. The largest absolute Gasteiger partial charge is 0.481 e. The van der Waals surface area contributed by atoms with Gasteiger partial charge in [0.1, 0.15) is 0 Å². The third-order valence-electron chi connectivity index (χ3n) is 4.38. The monoisotopic (exact) mass is 294 g/mol. The van der Waals surface area contributed by atoms with E-state index in [0.717, 1.165) is 13.1 Å². The van der Waals surface area contributed by atoms with Crippen LogP contribution in [0.3, 0.4) is 0 Å². The smallest absolute Gasteiger partial charge is 0.403 e. The van der Waals surface area contributed by atoms with Crippen molar-refractivity contribution in [3.05, 3.63) is 0 Å². The Hall–Kier alpha value is -0.820. The number of hydrogen-bond acceptors (Lipinski definition) is 3. The van der Waals surface area contributed by atoms with Crippen LogP contribution in [-0.2, 0) is 4.79 Å². The molecule has 2 fully saturated rings. The highest BCUT2D eigenvalue weighted by Gasteiger charge is 2.46. The predicted octanol–water partition coefficient (Wildman–Crippen LogP) is 1.81. The van der Waals surface area contributed by atoms with Crippen LogP contribution in [0.4, 0.5) is 13.2 Å². The van der Waals surface area contributed by atoms with Crippen LogP contribution in [0.25, 0.3) is 0 Å². The average molecular weight is 294 g/mol. The van der Waals surface area contributed by atoms with Crippen molar-refractivity contribution in [2.24, 2.45) is 5.92 Å². The molecule has 2 rings (SSSR count). The molecular weight excluding hydrogens is 273 g/mol. The van der Waals surface area contributed by atoms with Crippen LogP contribution in [0, 0.1) is 5.92 Å². The van der Waals surface area contributed by atoms with E-state index in [0.29, 0.717) is 19.1 Å². The Morgan fingerprint density at radius 3 is 2.15 bits per heavy atom. The highest BCUT2D eigenvalue weighted by Crippen LogP contribution is 2.28. The van der Waals surface area contributed by atoms with Gasteiger partial charge in [0.2, 0.25) is 0 Å². The van der Waals surface area contributed by atoms with Crippen molar-refractivity contribution in [3.8, 4) is 0 Å². The second kappa shape index (κ2) is 6.30. The van der Waals surface area contributed by atoms with E-state index in [1.807, 2.05) is 0 Å². The maximum absolute atomic E-state index is 12.6. The Morgan fingerprint density at radius 1 is 1.15 bits per heavy atom. The summed E-state index contributed by atoms with van der Waals surface area (Å²) in [6, 6.07) is 0.579. The van der Waals surface area contributed by atoms with Crippen LogP contribution in [0.2, 0.25) is 0 Å². The number of halogens is 3. The molecule has 1 aliphatic heterocycles. The van der Waals surface area contributed by atoms with Crippen LogP contribution in [0.1, 0.15) is 25.7 Å². The summed E-state index contributed by atoms with van der Waals surface area (Å²) in [5, 5.41) is 8.71. The van der Waals surface area contributed by atoms with Gasteiger partial charge in [0, 0.05) is 38.8 Å². The lowest BCUT2D eigenvalue weighted by Gasteiger charge is -2.38. The minimum atomic E-state index is -4.67. The minimum Gasteiger partial charge on any atom is -0.481 e. The number of carboxylic acid groups (broad SMARTS) is 1. The zero-order valence-corrected chi connectivity index (χ0v) is 11.4. The van der Waals surface area contributed by atoms with Crippen molar-refractivity contribution < 1.29 is 23.1 Å². The fourth-order valence-electron chi connectivity index (χ4n) is 3.16. The molecule has 0 aromatic carbocycles. The number of rotatable bonds is 4. The lowest BCUT2D eigenvalue weighted by Crippen LogP contribution is -2.52. The van der Waals surface area contributed by atoms with Gasteiger partial charge in [0.25, 0.3) is 0 Å². The van der Waals surface area contributed by atoms with E-state index in [2.05, 4.69) is 4.90 Å². The maximum atomic E-state index is 12.6. The number of carboxylic acids is 1. The molecule has 0 spiro atoms. The zero-order valence-electron chi connectivity index (χ0n) is 11.4. The van der Waals surface area contributed by atoms with Crippen molar-refractivity contribution in [2.45, 2.75) is 37.9 Å². The maximum Gasteiger partial charge on any atom is 0.403 e. The Bertz CT molecular complexity index is 335. The molecule has 1 unspecified atom stereocenters. The third kappa shape index (κ3) is 3.85. The van der Waals surface area contributed by atoms with Crippen LogP contribution in [0.5, 0.6) is 0 Å². The van der Waals surface area contributed by atoms with E-state index in [4.69, 9.17) is 5.11 Å². The predicted molar refractivity (Wildman–Crippen MR) is 67.4 cm³/mol. The molecule has 0 aromatic rings. The molecule has 4 nitrogen and oxygen atoms in total. The molecule has 1 heterocycles. The highest BCUT2D eigenvalue weighted by molar-refractivity contribution is 5.71. The summed E-state index contributed by atoms with van der Waals surface area (Å²) in [6.45, 7) is 2.10. The van der Waals surface area contributed by atoms with Crippen molar-refractivity contribution in [2.75, 3.05) is 32.7 Å². The lowest BCUT2D eigenvalue weighted by atomic mass is 10.1. The topological polar surface area (TPSA) is 43.8 Å². The molecule has 1 saturated carbocycles. The highest BCUT2D eigenvalue weighted by atomic mass is 19.4. The summed E-state index contributed by atoms with van der Waals surface area (Å²) in [7, 11) is 0. The van der Waals surface area contributed by atoms with E-state index < -0.39 is 24.6 Å². The van der Waals surface area contributed by atoms with Gasteiger partial charge in [0.15, 0.2) is 5.92 Å². The second-order valence-corrected chi connectivity index (χ2v) is 5.71. The standard InChI is InChI=1S/C13H21F3N2O2/c14-13(15,16)11(12(19)20)9-17-5-7-18(8-6-17)10-3-1-2-4-10/h10-11H,1-9H2,(H,19,20). The minimum absolute atomic E-state index is 0.433. The van der Waals surface area contributed by atoms with E-state index >= 15 is 0 Å². The first kappa shape index (κ1) is 15.6. The molecular formula is C13H21F3N2O2. The van der Waals surface area contributed by atoms with Crippen LogP contribution >= 0.6 is 0 Å². The van der Waals surface area contributed by atoms with E-state index in [9.17, 15) is 18.0 Å². The molecule has 2 aliphatic rings. The summed E-state index contributed by atoms with van der Waals surface area (Å²) in [5.41, 5.74) is 0. The Morgan fingerprint density at radius 2 is 1.70 bits per heavy atom. The number of aliphatic carboxylic acids is 1. The molecule has 1 N–H and O–H groups in total. The molecule has 1 aliphatic carbocycles. The Balaban J connectivity index is 1.82. The van der Waals surface area contributed by atoms with Crippen LogP contribution in [0.15, 0.2) is 0 Å². The summed E-state index contributed by atoms with van der Waals surface area (Å²) >= 11 is 0. The van der Waals surface area contributed by atoms with Gasteiger partial charge < -0.3 is 5.11 Å². The number of carbonyl (C=O) groups is 1. The zero-order chi connectivity index (χ0) is 14.8. The van der Waals surface area contributed by atoms with Gasteiger partial charge in [-0.1, -0.05) is 12.8 Å². The summed E-state index contributed by atoms with van der Waals surface area (Å²) in [6.07, 6.45) is 0.162. The second-order valence-electron chi connectivity index (χ2n) is 5.71. The van der Waals surface area contributed by atoms with Gasteiger partial charge in [-0.15, -0.1) is 0 Å². The Kier molecular flexibility index (Phi) is 4.90. The van der Waals surface area contributed by atoms with Gasteiger partial charge in [-0.25, -0.2) is 0 Å². The first-order valence-corrected chi connectivity index (χ1v) is 7.14. The van der Waals surface area contributed by atoms with Crippen LogP contribution < -0.4 is 0 Å². The number of nitrogens with zero attached hydrogens (tertiary/aromatic N) is 2. The molecule has 7 heteroatoms. The molecule has 0 aromatic heterocycles. The molecule has 0 amide bonds. The molecule has 0 radical (unpaired) electrons. The Labute approximate surface area is 116 Å². The van der Waals surface area contributed by atoms with Gasteiger partial charge in [0.05, 0.1) is 0 Å². The molecule has 0 bridgehead atoms. The number of piperazine rings is 1.